The van der Waals surface area contributed by atoms with E-state index in [-0.39, 0.29) is 0 Å². The Bertz CT molecular complexity index is 1050. The zero-order valence-electron chi connectivity index (χ0n) is 15.3. The van der Waals surface area contributed by atoms with Gasteiger partial charge in [0.25, 0.3) is 0 Å². The average molecular weight is 373 g/mol. The first kappa shape index (κ1) is 16.6. The van der Waals surface area contributed by atoms with E-state index in [2.05, 4.69) is 30.0 Å². The number of rotatable bonds is 5. The third-order valence-corrected chi connectivity index (χ3v) is 4.84. The van der Waals surface area contributed by atoms with Crippen molar-refractivity contribution in [3.8, 4) is 22.6 Å². The topological polar surface area (TPSA) is 85.8 Å². The molecule has 5 rings (SSSR count). The first-order valence-corrected chi connectivity index (χ1v) is 9.31. The molecule has 0 unspecified atom stereocenters. The second-order valence-corrected chi connectivity index (χ2v) is 6.76. The van der Waals surface area contributed by atoms with Crippen LogP contribution in [0.2, 0.25) is 0 Å². The summed E-state index contributed by atoms with van der Waals surface area (Å²) in [5.74, 6) is 2.33. The van der Waals surface area contributed by atoms with Gasteiger partial charge >= 0.3 is 0 Å². The number of hydrogen-bond acceptors (Lipinski definition) is 7. The summed E-state index contributed by atoms with van der Waals surface area (Å²) in [6.07, 6.45) is 13.3. The Morgan fingerprint density at radius 2 is 1.82 bits per heavy atom. The van der Waals surface area contributed by atoms with Gasteiger partial charge in [0, 0.05) is 61.9 Å². The Morgan fingerprint density at radius 1 is 0.964 bits per heavy atom. The summed E-state index contributed by atoms with van der Waals surface area (Å²) >= 11 is 0. The number of hydrogen-bond donors (Lipinski definition) is 0. The summed E-state index contributed by atoms with van der Waals surface area (Å²) in [4.78, 5) is 19.9. The lowest BCUT2D eigenvalue weighted by Crippen LogP contribution is -2.20. The van der Waals surface area contributed by atoms with Gasteiger partial charge in [0.15, 0.2) is 5.76 Å². The molecule has 0 radical (unpaired) electrons. The largest absolute Gasteiger partial charge is 0.359 e. The lowest BCUT2D eigenvalue weighted by molar-refractivity contribution is 0.378. The highest BCUT2D eigenvalue weighted by molar-refractivity contribution is 5.57. The summed E-state index contributed by atoms with van der Waals surface area (Å²) < 4.78 is 7.51. The van der Waals surface area contributed by atoms with Crippen molar-refractivity contribution in [2.24, 2.45) is 0 Å². The van der Waals surface area contributed by atoms with Crippen LogP contribution in [-0.2, 0) is 6.54 Å². The maximum absolute atomic E-state index is 5.51. The molecule has 1 aliphatic rings. The predicted molar refractivity (Wildman–Crippen MR) is 104 cm³/mol. The van der Waals surface area contributed by atoms with Crippen LogP contribution in [0.3, 0.4) is 0 Å². The van der Waals surface area contributed by atoms with Crippen LogP contribution in [0, 0.1) is 0 Å². The van der Waals surface area contributed by atoms with Gasteiger partial charge in [0.1, 0.15) is 11.5 Å². The van der Waals surface area contributed by atoms with Crippen LogP contribution in [-0.4, -0.2) is 42.7 Å². The van der Waals surface area contributed by atoms with Crippen LogP contribution in [0.4, 0.5) is 5.95 Å². The number of pyridine rings is 1. The highest BCUT2D eigenvalue weighted by Crippen LogP contribution is 2.22. The second-order valence-electron chi connectivity index (χ2n) is 6.76. The molecule has 1 aliphatic heterocycles. The fourth-order valence-electron chi connectivity index (χ4n) is 3.42. The van der Waals surface area contributed by atoms with E-state index in [4.69, 9.17) is 4.52 Å². The van der Waals surface area contributed by atoms with Crippen molar-refractivity contribution in [1.29, 1.82) is 0 Å². The van der Waals surface area contributed by atoms with Gasteiger partial charge < -0.3 is 14.0 Å². The van der Waals surface area contributed by atoms with Gasteiger partial charge in [0.05, 0.1) is 12.1 Å². The third-order valence-electron chi connectivity index (χ3n) is 4.84. The molecule has 0 aliphatic carbocycles. The molecule has 140 valence electrons. The molecule has 0 amide bonds. The smallest absolute Gasteiger partial charge is 0.225 e. The quantitative estimate of drug-likeness (QED) is 0.531. The third kappa shape index (κ3) is 3.24. The Labute approximate surface area is 161 Å². The van der Waals surface area contributed by atoms with Gasteiger partial charge in [-0.3, -0.25) is 4.98 Å². The average Bonchev–Trinajstić information content (AvgIpc) is 3.51. The summed E-state index contributed by atoms with van der Waals surface area (Å²) in [5, 5.41) is 4.15. The predicted octanol–water partition coefficient (Wildman–Crippen LogP) is 3.04. The van der Waals surface area contributed by atoms with Crippen LogP contribution < -0.4 is 4.90 Å². The fraction of sp³-hybridized carbons (Fsp3) is 0.250. The van der Waals surface area contributed by atoms with E-state index in [1.807, 2.05) is 41.4 Å². The minimum absolute atomic E-state index is 0.524. The molecule has 0 saturated carbocycles. The van der Waals surface area contributed by atoms with Crippen LogP contribution in [0.5, 0.6) is 0 Å². The van der Waals surface area contributed by atoms with Crippen molar-refractivity contribution >= 4 is 5.95 Å². The Balaban J connectivity index is 1.36. The minimum Gasteiger partial charge on any atom is -0.359 e. The van der Waals surface area contributed by atoms with Crippen LogP contribution in [0.15, 0.2) is 59.9 Å². The molecular formula is C20H19N7O. The monoisotopic (exact) mass is 373 g/mol. The number of anilines is 1. The van der Waals surface area contributed by atoms with E-state index in [1.54, 1.807) is 18.6 Å². The summed E-state index contributed by atoms with van der Waals surface area (Å²) in [7, 11) is 0. The molecule has 8 heteroatoms. The zero-order chi connectivity index (χ0) is 18.8. The van der Waals surface area contributed by atoms with Crippen molar-refractivity contribution in [3.05, 3.63) is 61.1 Å². The van der Waals surface area contributed by atoms with Crippen LogP contribution in [0.25, 0.3) is 22.6 Å². The second kappa shape index (κ2) is 7.22. The molecule has 1 fully saturated rings. The van der Waals surface area contributed by atoms with Crippen LogP contribution in [0.1, 0.15) is 18.6 Å². The van der Waals surface area contributed by atoms with Gasteiger partial charge in [-0.25, -0.2) is 15.0 Å². The minimum atomic E-state index is 0.524. The summed E-state index contributed by atoms with van der Waals surface area (Å²) in [6, 6.07) is 5.76. The first-order valence-electron chi connectivity index (χ1n) is 9.31. The van der Waals surface area contributed by atoms with E-state index in [0.29, 0.717) is 6.54 Å². The molecule has 0 bridgehead atoms. The molecule has 0 N–H and O–H groups in total. The molecule has 0 aromatic carbocycles. The molecule has 0 atom stereocenters. The molecule has 4 aromatic heterocycles. The number of aromatic nitrogens is 6. The van der Waals surface area contributed by atoms with E-state index in [0.717, 1.165) is 47.4 Å². The molecular weight excluding hydrogens is 354 g/mol. The molecule has 1 saturated heterocycles. The Kier molecular flexibility index (Phi) is 4.29. The molecule has 8 nitrogen and oxygen atoms in total. The van der Waals surface area contributed by atoms with Gasteiger partial charge in [-0.1, -0.05) is 5.16 Å². The Morgan fingerprint density at radius 3 is 2.61 bits per heavy atom. The van der Waals surface area contributed by atoms with Crippen molar-refractivity contribution < 1.29 is 4.52 Å². The van der Waals surface area contributed by atoms with Crippen molar-refractivity contribution in [1.82, 2.24) is 29.7 Å². The Hall–Kier alpha value is -3.55. The molecule has 5 heterocycles. The molecule has 0 spiro atoms. The lowest BCUT2D eigenvalue weighted by atomic mass is 10.2. The van der Waals surface area contributed by atoms with Gasteiger partial charge in [0.2, 0.25) is 5.95 Å². The zero-order valence-corrected chi connectivity index (χ0v) is 15.3. The van der Waals surface area contributed by atoms with Gasteiger partial charge in [-0.15, -0.1) is 0 Å². The van der Waals surface area contributed by atoms with Crippen molar-refractivity contribution in [2.75, 3.05) is 18.0 Å². The maximum atomic E-state index is 5.51. The van der Waals surface area contributed by atoms with Crippen molar-refractivity contribution in [2.45, 2.75) is 19.4 Å². The fourth-order valence-corrected chi connectivity index (χ4v) is 3.42. The highest BCUT2D eigenvalue weighted by atomic mass is 16.5. The molecule has 4 aromatic rings. The maximum Gasteiger partial charge on any atom is 0.225 e. The van der Waals surface area contributed by atoms with Crippen molar-refractivity contribution in [3.63, 3.8) is 0 Å². The van der Waals surface area contributed by atoms with Gasteiger partial charge in [-0.2, -0.15) is 0 Å². The highest BCUT2D eigenvalue weighted by Gasteiger charge is 2.16. The number of nitrogens with zero attached hydrogens (tertiary/aromatic N) is 7. The van der Waals surface area contributed by atoms with Crippen LogP contribution >= 0.6 is 0 Å². The van der Waals surface area contributed by atoms with E-state index < -0.39 is 0 Å². The first-order chi connectivity index (χ1) is 13.9. The number of imidazole rings is 1. The van der Waals surface area contributed by atoms with Gasteiger partial charge in [-0.05, 0) is 25.0 Å². The summed E-state index contributed by atoms with van der Waals surface area (Å²) in [5.41, 5.74) is 2.57. The standard InChI is InChI=1S/C20H19N7O/c1-2-8-26(7-1)20-23-12-16(13-24-20)19-22-6-9-27(19)14-17-10-18(25-28-17)15-4-3-5-21-11-15/h3-6,9-13H,1-2,7-8,14H2. The van der Waals surface area contributed by atoms with E-state index >= 15 is 0 Å². The SMILES string of the molecule is c1cncc(-c2cc(Cn3ccnc3-c3cnc(N4CCCC4)nc3)on2)c1. The van der Waals surface area contributed by atoms with E-state index in [9.17, 15) is 0 Å². The molecule has 28 heavy (non-hydrogen) atoms. The lowest BCUT2D eigenvalue weighted by Gasteiger charge is -2.14. The normalized spacial score (nSPS) is 13.9. The summed E-state index contributed by atoms with van der Waals surface area (Å²) in [6.45, 7) is 2.58. The van der Waals surface area contributed by atoms with E-state index in [1.165, 1.54) is 12.8 Å².